The van der Waals surface area contributed by atoms with Crippen LogP contribution in [0.2, 0.25) is 5.02 Å². The predicted octanol–water partition coefficient (Wildman–Crippen LogP) is 2.00. The molecule has 0 spiro atoms. The van der Waals surface area contributed by atoms with E-state index in [-0.39, 0.29) is 31.1 Å². The number of likely N-dealkylation sites (tertiary alicyclic amines) is 1. The highest BCUT2D eigenvalue weighted by atomic mass is 35.5. The molecule has 0 aliphatic carbocycles. The number of halogens is 3. The molecule has 0 bridgehead atoms. The zero-order valence-electron chi connectivity index (χ0n) is 27.3. The number of nitrogens with one attached hydrogen (secondary N) is 2. The van der Waals surface area contributed by atoms with Crippen molar-refractivity contribution < 1.29 is 53.0 Å². The lowest BCUT2D eigenvalue weighted by molar-refractivity contribution is -0.123. The number of hydrogen-bond donors (Lipinski definition) is 7. The number of carboxylic acids is 1. The van der Waals surface area contributed by atoms with E-state index < -0.39 is 88.1 Å². The molecule has 4 heterocycles. The van der Waals surface area contributed by atoms with Gasteiger partial charge in [0.25, 0.3) is 0 Å². The third-order valence-corrected chi connectivity index (χ3v) is 9.72. The second-order valence-corrected chi connectivity index (χ2v) is 13.0. The molecule has 2 unspecified atom stereocenters. The zero-order chi connectivity index (χ0) is 37.4. The van der Waals surface area contributed by atoms with Crippen molar-refractivity contribution in [3.63, 3.8) is 0 Å². The highest BCUT2D eigenvalue weighted by molar-refractivity contribution is 6.47. The number of rotatable bonds is 8. The van der Waals surface area contributed by atoms with Crippen LogP contribution >= 0.6 is 11.6 Å². The Morgan fingerprint density at radius 1 is 1.08 bits per heavy atom. The van der Waals surface area contributed by atoms with Crippen LogP contribution in [0.1, 0.15) is 45.9 Å². The molecular formula is C32H33BClF2N7O9. The van der Waals surface area contributed by atoms with Gasteiger partial charge in [-0.15, -0.1) is 0 Å². The number of urea groups is 2. The van der Waals surface area contributed by atoms with E-state index in [1.807, 2.05) is 6.07 Å². The van der Waals surface area contributed by atoms with Crippen molar-refractivity contribution >= 4 is 48.5 Å². The van der Waals surface area contributed by atoms with Crippen molar-refractivity contribution in [3.8, 4) is 17.2 Å². The van der Waals surface area contributed by atoms with E-state index in [0.717, 1.165) is 16.5 Å². The third kappa shape index (κ3) is 7.19. The first-order valence-corrected chi connectivity index (χ1v) is 16.5. The number of carbonyl (C=O) groups is 4. The Labute approximate surface area is 299 Å². The third-order valence-electron chi connectivity index (χ3n) is 9.32. The Morgan fingerprint density at radius 3 is 2.50 bits per heavy atom. The van der Waals surface area contributed by atoms with E-state index in [1.54, 1.807) is 17.2 Å². The topological polar surface area (TPSA) is 231 Å². The Kier molecular flexibility index (Phi) is 10.3. The number of phenols is 2. The standard InChI is InChI=1S/C32H33BClF2N7O9/c34-24-18(13-20(36)26(44)27(24)45)25(29(46)39-21-12-16-1-2-19(35)23(30(47)48)28(16)52-33(21)51)40-31(49)43-10-9-42(32(43)50)17-4-7-41(8-5-17)14-15-3-6-38-22(37)11-15/h1-3,6,11,13,17,21,25,44-45,51H,4-5,7-10,12,14H2,(H2,37,38)(H,39,46)(H,40,49)(H,47,48). The fourth-order valence-electron chi connectivity index (χ4n) is 6.66. The molecule has 52 heavy (non-hydrogen) atoms. The minimum Gasteiger partial charge on any atom is -0.534 e. The van der Waals surface area contributed by atoms with Crippen molar-refractivity contribution in [2.45, 2.75) is 43.8 Å². The number of benzene rings is 2. The Balaban J connectivity index is 1.17. The number of aromatic nitrogens is 1. The SMILES string of the molecule is Nc1cc(CN2CCC(N3CCN(C(=O)NC(C(=O)NC4Cc5ccc(F)c(C(=O)O)c5OB4O)c4cc(F)c(O)c(O)c4Cl)C3=O)CC2)ccn1. The van der Waals surface area contributed by atoms with Gasteiger partial charge in [0.1, 0.15) is 29.0 Å². The maximum Gasteiger partial charge on any atom is 0.547 e. The highest BCUT2D eigenvalue weighted by Crippen LogP contribution is 2.41. The Hall–Kier alpha value is -5.40. The summed E-state index contributed by atoms with van der Waals surface area (Å²) in [5, 5.41) is 44.3. The maximum absolute atomic E-state index is 14.7. The number of aromatic carboxylic acids is 1. The van der Waals surface area contributed by atoms with Crippen molar-refractivity contribution in [3.05, 3.63) is 75.4 Å². The maximum atomic E-state index is 14.7. The smallest absolute Gasteiger partial charge is 0.534 e. The van der Waals surface area contributed by atoms with Crippen LogP contribution in [0.3, 0.4) is 0 Å². The first kappa shape index (κ1) is 36.4. The van der Waals surface area contributed by atoms with Gasteiger partial charge in [0, 0.05) is 50.5 Å². The number of nitrogen functional groups attached to an aromatic ring is 1. The van der Waals surface area contributed by atoms with Gasteiger partial charge in [0.15, 0.2) is 17.3 Å². The molecule has 20 heteroatoms. The Bertz CT molecular complexity index is 1940. The fourth-order valence-corrected chi connectivity index (χ4v) is 6.92. The summed E-state index contributed by atoms with van der Waals surface area (Å²) in [6, 6.07) is 2.60. The molecule has 2 atom stereocenters. The van der Waals surface area contributed by atoms with Crippen molar-refractivity contribution in [1.29, 1.82) is 0 Å². The average Bonchev–Trinajstić information content (AvgIpc) is 3.49. The molecule has 5 amide bonds. The molecule has 274 valence electrons. The van der Waals surface area contributed by atoms with Gasteiger partial charge in [-0.25, -0.2) is 33.0 Å². The van der Waals surface area contributed by atoms with Crippen LogP contribution in [0.5, 0.6) is 17.2 Å². The van der Waals surface area contributed by atoms with E-state index in [2.05, 4.69) is 20.5 Å². The van der Waals surface area contributed by atoms with Gasteiger partial charge in [-0.05, 0) is 54.7 Å². The van der Waals surface area contributed by atoms with Gasteiger partial charge < -0.3 is 46.3 Å². The summed E-state index contributed by atoms with van der Waals surface area (Å²) >= 11 is 6.20. The normalized spacial score (nSPS) is 18.5. The summed E-state index contributed by atoms with van der Waals surface area (Å²) in [7, 11) is -1.91. The summed E-state index contributed by atoms with van der Waals surface area (Å²) in [5.74, 6) is -8.94. The second-order valence-electron chi connectivity index (χ2n) is 12.6. The number of hydrogen-bond acceptors (Lipinski definition) is 11. The number of aromatic hydroxyl groups is 2. The van der Waals surface area contributed by atoms with E-state index >= 15 is 0 Å². The molecule has 6 rings (SSSR count). The van der Waals surface area contributed by atoms with Crippen LogP contribution in [0.4, 0.5) is 24.2 Å². The van der Waals surface area contributed by atoms with Crippen LogP contribution in [-0.4, -0.2) is 109 Å². The number of nitrogens with two attached hydrogens (primary N) is 1. The summed E-state index contributed by atoms with van der Waals surface area (Å²) in [6.07, 6.45) is 2.63. The van der Waals surface area contributed by atoms with E-state index in [1.165, 1.54) is 6.07 Å². The number of carboxylic acid groups (broad SMARTS) is 1. The number of phenolic OH excluding ortho intramolecular Hbond substituents is 2. The number of carbonyl (C=O) groups excluding carboxylic acids is 3. The molecule has 2 saturated heterocycles. The summed E-state index contributed by atoms with van der Waals surface area (Å²) in [6.45, 7) is 2.15. The van der Waals surface area contributed by atoms with Crippen LogP contribution in [0.25, 0.3) is 0 Å². The van der Waals surface area contributed by atoms with Crippen molar-refractivity contribution in [2.24, 2.45) is 0 Å². The lowest BCUT2D eigenvalue weighted by Gasteiger charge is -2.36. The van der Waals surface area contributed by atoms with Crippen LogP contribution in [0.15, 0.2) is 36.5 Å². The molecule has 3 aliphatic heterocycles. The number of fused-ring (bicyclic) bond motifs is 1. The number of nitrogens with zero attached hydrogens (tertiary/aromatic N) is 4. The zero-order valence-corrected chi connectivity index (χ0v) is 28.0. The largest absolute Gasteiger partial charge is 0.547 e. The average molecular weight is 744 g/mol. The van der Waals surface area contributed by atoms with Gasteiger partial charge in [-0.1, -0.05) is 17.7 Å². The van der Waals surface area contributed by atoms with Gasteiger partial charge >= 0.3 is 25.1 Å². The second kappa shape index (κ2) is 14.7. The molecule has 3 aliphatic rings. The first-order chi connectivity index (χ1) is 24.7. The molecule has 2 fully saturated rings. The molecule has 16 nitrogen and oxygen atoms in total. The quantitative estimate of drug-likeness (QED) is 0.130. The van der Waals surface area contributed by atoms with Crippen LogP contribution in [0, 0.1) is 11.6 Å². The molecule has 0 radical (unpaired) electrons. The Morgan fingerprint density at radius 2 is 1.81 bits per heavy atom. The lowest BCUT2D eigenvalue weighted by atomic mass is 9.72. The number of amides is 5. The summed E-state index contributed by atoms with van der Waals surface area (Å²) in [4.78, 5) is 61.2. The summed E-state index contributed by atoms with van der Waals surface area (Å²) < 4.78 is 34.2. The minimum absolute atomic E-state index is 0.0487. The molecule has 0 saturated carbocycles. The van der Waals surface area contributed by atoms with E-state index in [4.69, 9.17) is 22.0 Å². The number of imide groups is 1. The molecular weight excluding hydrogens is 711 g/mol. The summed E-state index contributed by atoms with van der Waals surface area (Å²) in [5.41, 5.74) is 5.59. The molecule has 3 aromatic rings. The van der Waals surface area contributed by atoms with Crippen LogP contribution < -0.4 is 21.0 Å². The number of piperidine rings is 1. The molecule has 8 N–H and O–H groups in total. The number of anilines is 1. The van der Waals surface area contributed by atoms with Crippen molar-refractivity contribution in [2.75, 3.05) is 31.9 Å². The fraction of sp³-hybridized carbons (Fsp3) is 0.344. The number of pyridine rings is 1. The van der Waals surface area contributed by atoms with Crippen molar-refractivity contribution in [1.82, 2.24) is 30.3 Å². The minimum atomic E-state index is -1.91. The van der Waals surface area contributed by atoms with E-state index in [9.17, 15) is 48.3 Å². The van der Waals surface area contributed by atoms with Gasteiger partial charge in [-0.2, -0.15) is 0 Å². The highest BCUT2D eigenvalue weighted by Gasteiger charge is 2.43. The van der Waals surface area contributed by atoms with Crippen LogP contribution in [-0.2, 0) is 17.8 Å². The lowest BCUT2D eigenvalue weighted by Crippen LogP contribution is -2.56. The first-order valence-electron chi connectivity index (χ1n) is 16.1. The van der Waals surface area contributed by atoms with Gasteiger partial charge in [0.05, 0.1) is 11.0 Å². The monoisotopic (exact) mass is 743 g/mol. The van der Waals surface area contributed by atoms with Gasteiger partial charge in [-0.3, -0.25) is 9.69 Å². The molecule has 2 aromatic carbocycles. The van der Waals surface area contributed by atoms with Gasteiger partial charge in [0.2, 0.25) is 5.91 Å². The molecule has 1 aromatic heterocycles. The predicted molar refractivity (Wildman–Crippen MR) is 179 cm³/mol. The van der Waals surface area contributed by atoms with E-state index in [0.29, 0.717) is 44.4 Å².